The molecule has 2 nitrogen and oxygen atoms in total. The maximum absolute atomic E-state index is 6.23. The first-order valence-electron chi connectivity index (χ1n) is 6.14. The second-order valence-electron chi connectivity index (χ2n) is 4.58. The van der Waals surface area contributed by atoms with Crippen LogP contribution < -0.4 is 5.73 Å². The van der Waals surface area contributed by atoms with Crippen molar-refractivity contribution in [2.24, 2.45) is 5.73 Å². The number of nitrogens with two attached hydrogens (primary N) is 1. The van der Waals surface area contributed by atoms with Gasteiger partial charge < -0.3 is 10.6 Å². The molecule has 90 valence electrons. The van der Waals surface area contributed by atoms with Crippen LogP contribution in [-0.4, -0.2) is 25.0 Å². The summed E-state index contributed by atoms with van der Waals surface area (Å²) in [4.78, 5) is 2.32. The van der Waals surface area contributed by atoms with E-state index in [1.54, 1.807) is 0 Å². The summed E-state index contributed by atoms with van der Waals surface area (Å²) < 4.78 is 0. The fourth-order valence-corrected chi connectivity index (χ4v) is 1.96. The van der Waals surface area contributed by atoms with Crippen LogP contribution in [0.1, 0.15) is 36.9 Å². The summed E-state index contributed by atoms with van der Waals surface area (Å²) >= 11 is 0. The van der Waals surface area contributed by atoms with Crippen LogP contribution in [-0.2, 0) is 0 Å². The second kappa shape index (κ2) is 6.66. The Morgan fingerprint density at radius 3 is 2.62 bits per heavy atom. The lowest BCUT2D eigenvalue weighted by molar-refractivity contribution is 0.307. The molecule has 1 unspecified atom stereocenters. The molecule has 0 aromatic heterocycles. The Morgan fingerprint density at radius 2 is 2.00 bits per heavy atom. The van der Waals surface area contributed by atoms with Crippen LogP contribution >= 0.6 is 0 Å². The van der Waals surface area contributed by atoms with Crippen molar-refractivity contribution in [3.05, 3.63) is 35.4 Å². The number of hydrogen-bond donors (Lipinski definition) is 1. The molecule has 2 heteroatoms. The summed E-state index contributed by atoms with van der Waals surface area (Å²) in [7, 11) is 2.15. The van der Waals surface area contributed by atoms with Gasteiger partial charge in [0.1, 0.15) is 0 Å². The van der Waals surface area contributed by atoms with E-state index in [1.807, 2.05) is 0 Å². The highest BCUT2D eigenvalue weighted by molar-refractivity contribution is 5.28. The summed E-state index contributed by atoms with van der Waals surface area (Å²) in [5, 5.41) is 0. The topological polar surface area (TPSA) is 29.3 Å². The van der Waals surface area contributed by atoms with Crippen LogP contribution in [0.3, 0.4) is 0 Å². The Bertz CT molecular complexity index is 309. The average Bonchev–Trinajstić information content (AvgIpc) is 2.26. The molecule has 16 heavy (non-hydrogen) atoms. The lowest BCUT2D eigenvalue weighted by Crippen LogP contribution is -2.30. The van der Waals surface area contributed by atoms with Gasteiger partial charge in [0, 0.05) is 12.6 Å². The standard InChI is InChI=1S/C14H24N2/c1-4-5-10-16(3)11-14(15)13-9-7-6-8-12(13)2/h6-9,14H,4-5,10-11,15H2,1-3H3. The van der Waals surface area contributed by atoms with Gasteiger partial charge in [0.15, 0.2) is 0 Å². The summed E-state index contributed by atoms with van der Waals surface area (Å²) in [6.07, 6.45) is 2.49. The number of benzene rings is 1. The van der Waals surface area contributed by atoms with Gasteiger partial charge in [0.05, 0.1) is 0 Å². The fourth-order valence-electron chi connectivity index (χ4n) is 1.96. The van der Waals surface area contributed by atoms with E-state index in [2.05, 4.69) is 50.1 Å². The number of rotatable bonds is 6. The lowest BCUT2D eigenvalue weighted by Gasteiger charge is -2.22. The molecule has 0 saturated carbocycles. The Balaban J connectivity index is 2.52. The first kappa shape index (κ1) is 13.2. The third kappa shape index (κ3) is 3.95. The first-order valence-corrected chi connectivity index (χ1v) is 6.14. The largest absolute Gasteiger partial charge is 0.323 e. The molecule has 0 aliphatic rings. The van der Waals surface area contributed by atoms with Crippen molar-refractivity contribution < 1.29 is 0 Å². The normalized spacial score (nSPS) is 13.1. The average molecular weight is 220 g/mol. The van der Waals surface area contributed by atoms with Gasteiger partial charge >= 0.3 is 0 Å². The second-order valence-corrected chi connectivity index (χ2v) is 4.58. The monoisotopic (exact) mass is 220 g/mol. The Labute approximate surface area is 99.5 Å². The molecule has 1 aromatic carbocycles. The van der Waals surface area contributed by atoms with Crippen LogP contribution in [0.25, 0.3) is 0 Å². The van der Waals surface area contributed by atoms with Gasteiger partial charge in [-0.1, -0.05) is 37.6 Å². The molecule has 0 fully saturated rings. The number of hydrogen-bond acceptors (Lipinski definition) is 2. The SMILES string of the molecule is CCCCN(C)CC(N)c1ccccc1C. The van der Waals surface area contributed by atoms with Crippen LogP contribution in [0.15, 0.2) is 24.3 Å². The van der Waals surface area contributed by atoms with Gasteiger partial charge in [0.25, 0.3) is 0 Å². The summed E-state index contributed by atoms with van der Waals surface area (Å²) in [5.41, 5.74) is 8.79. The Kier molecular flexibility index (Phi) is 5.50. The van der Waals surface area contributed by atoms with Crippen molar-refractivity contribution in [2.45, 2.75) is 32.7 Å². The van der Waals surface area contributed by atoms with E-state index in [1.165, 1.54) is 24.0 Å². The molecular formula is C14H24N2. The third-order valence-electron chi connectivity index (χ3n) is 2.99. The number of likely N-dealkylation sites (N-methyl/N-ethyl adjacent to an activating group) is 1. The van der Waals surface area contributed by atoms with E-state index >= 15 is 0 Å². The number of nitrogens with zero attached hydrogens (tertiary/aromatic N) is 1. The number of aryl methyl sites for hydroxylation is 1. The molecule has 0 radical (unpaired) electrons. The molecule has 0 bridgehead atoms. The Morgan fingerprint density at radius 1 is 1.31 bits per heavy atom. The van der Waals surface area contributed by atoms with E-state index in [-0.39, 0.29) is 6.04 Å². The molecule has 1 atom stereocenters. The smallest absolute Gasteiger partial charge is 0.0426 e. The van der Waals surface area contributed by atoms with E-state index in [0.717, 1.165) is 13.1 Å². The zero-order chi connectivity index (χ0) is 12.0. The minimum absolute atomic E-state index is 0.128. The van der Waals surface area contributed by atoms with Gasteiger partial charge in [-0.05, 0) is 38.1 Å². The zero-order valence-corrected chi connectivity index (χ0v) is 10.7. The van der Waals surface area contributed by atoms with Crippen molar-refractivity contribution in [1.29, 1.82) is 0 Å². The lowest BCUT2D eigenvalue weighted by atomic mass is 10.0. The summed E-state index contributed by atoms with van der Waals surface area (Å²) in [5.74, 6) is 0. The highest BCUT2D eigenvalue weighted by Gasteiger charge is 2.10. The van der Waals surface area contributed by atoms with Gasteiger partial charge in [-0.15, -0.1) is 0 Å². The van der Waals surface area contributed by atoms with Crippen LogP contribution in [0.2, 0.25) is 0 Å². The fraction of sp³-hybridized carbons (Fsp3) is 0.571. The van der Waals surface area contributed by atoms with E-state index in [9.17, 15) is 0 Å². The highest BCUT2D eigenvalue weighted by atomic mass is 15.1. The molecule has 0 amide bonds. The molecule has 0 aliphatic heterocycles. The third-order valence-corrected chi connectivity index (χ3v) is 2.99. The predicted octanol–water partition coefficient (Wildman–Crippen LogP) is 2.73. The molecular weight excluding hydrogens is 196 g/mol. The molecule has 2 N–H and O–H groups in total. The quantitative estimate of drug-likeness (QED) is 0.798. The highest BCUT2D eigenvalue weighted by Crippen LogP contribution is 2.15. The van der Waals surface area contributed by atoms with Crippen molar-refractivity contribution in [2.75, 3.05) is 20.1 Å². The predicted molar refractivity (Wildman–Crippen MR) is 70.5 cm³/mol. The minimum atomic E-state index is 0.128. The van der Waals surface area contributed by atoms with Crippen molar-refractivity contribution >= 4 is 0 Å². The van der Waals surface area contributed by atoms with Crippen LogP contribution in [0.4, 0.5) is 0 Å². The summed E-state index contributed by atoms with van der Waals surface area (Å²) in [6, 6.07) is 8.51. The van der Waals surface area contributed by atoms with Gasteiger partial charge in [-0.25, -0.2) is 0 Å². The minimum Gasteiger partial charge on any atom is -0.323 e. The van der Waals surface area contributed by atoms with Crippen molar-refractivity contribution in [3.8, 4) is 0 Å². The zero-order valence-electron chi connectivity index (χ0n) is 10.7. The molecule has 0 saturated heterocycles. The molecule has 1 aromatic rings. The van der Waals surface area contributed by atoms with Crippen molar-refractivity contribution in [3.63, 3.8) is 0 Å². The Hall–Kier alpha value is -0.860. The van der Waals surface area contributed by atoms with E-state index in [4.69, 9.17) is 5.73 Å². The van der Waals surface area contributed by atoms with Gasteiger partial charge in [0.2, 0.25) is 0 Å². The molecule has 0 aliphatic carbocycles. The molecule has 1 rings (SSSR count). The van der Waals surface area contributed by atoms with E-state index < -0.39 is 0 Å². The maximum atomic E-state index is 6.23. The van der Waals surface area contributed by atoms with Crippen LogP contribution in [0, 0.1) is 6.92 Å². The number of unbranched alkanes of at least 4 members (excludes halogenated alkanes) is 1. The van der Waals surface area contributed by atoms with Crippen molar-refractivity contribution in [1.82, 2.24) is 4.90 Å². The van der Waals surface area contributed by atoms with Gasteiger partial charge in [-0.3, -0.25) is 0 Å². The van der Waals surface area contributed by atoms with Crippen LogP contribution in [0.5, 0.6) is 0 Å². The van der Waals surface area contributed by atoms with Gasteiger partial charge in [-0.2, -0.15) is 0 Å². The van der Waals surface area contributed by atoms with E-state index in [0.29, 0.717) is 0 Å². The summed E-state index contributed by atoms with van der Waals surface area (Å²) in [6.45, 7) is 6.41. The first-order chi connectivity index (χ1) is 7.65. The molecule has 0 heterocycles. The molecule has 0 spiro atoms. The maximum Gasteiger partial charge on any atom is 0.0426 e.